The molecular weight excluding hydrogens is 194 g/mol. The standard InChI is InChI=1S/C13H9F2/c1-9-5-2-3-6-10(9)11-7-4-8-12(14)13(11)15/h3-8H,1H3. The highest BCUT2D eigenvalue weighted by Gasteiger charge is 2.10. The summed E-state index contributed by atoms with van der Waals surface area (Å²) in [4.78, 5) is 0. The molecule has 0 N–H and O–H groups in total. The van der Waals surface area contributed by atoms with Gasteiger partial charge in [-0.05, 0) is 30.2 Å². The van der Waals surface area contributed by atoms with E-state index in [0.29, 0.717) is 11.1 Å². The van der Waals surface area contributed by atoms with Gasteiger partial charge in [-0.2, -0.15) is 0 Å². The van der Waals surface area contributed by atoms with Crippen LogP contribution >= 0.6 is 0 Å². The third kappa shape index (κ3) is 1.75. The van der Waals surface area contributed by atoms with Gasteiger partial charge in [-0.1, -0.05) is 30.3 Å². The van der Waals surface area contributed by atoms with Crippen molar-refractivity contribution < 1.29 is 8.78 Å². The number of hydrogen-bond donors (Lipinski definition) is 0. The molecule has 0 fully saturated rings. The molecule has 0 saturated carbocycles. The molecule has 2 rings (SSSR count). The first-order chi connectivity index (χ1) is 7.20. The average molecular weight is 203 g/mol. The van der Waals surface area contributed by atoms with E-state index in [1.54, 1.807) is 24.3 Å². The van der Waals surface area contributed by atoms with Crippen LogP contribution in [-0.2, 0) is 0 Å². The van der Waals surface area contributed by atoms with Gasteiger partial charge in [0.15, 0.2) is 11.6 Å². The maximum atomic E-state index is 13.5. The molecule has 0 unspecified atom stereocenters. The minimum atomic E-state index is -0.820. The minimum Gasteiger partial charge on any atom is -0.204 e. The van der Waals surface area contributed by atoms with Gasteiger partial charge in [-0.25, -0.2) is 8.78 Å². The Morgan fingerprint density at radius 2 is 1.87 bits per heavy atom. The van der Waals surface area contributed by atoms with Crippen molar-refractivity contribution in [2.45, 2.75) is 6.92 Å². The van der Waals surface area contributed by atoms with E-state index in [-0.39, 0.29) is 0 Å². The molecule has 0 aliphatic carbocycles. The summed E-state index contributed by atoms with van der Waals surface area (Å²) in [5.41, 5.74) is 1.87. The average Bonchev–Trinajstić information content (AvgIpc) is 2.23. The number of aryl methyl sites for hydroxylation is 1. The molecule has 2 aromatic rings. The third-order valence-corrected chi connectivity index (χ3v) is 2.31. The summed E-state index contributed by atoms with van der Waals surface area (Å²) in [5.74, 6) is -1.62. The molecule has 0 aliphatic rings. The van der Waals surface area contributed by atoms with Gasteiger partial charge in [-0.15, -0.1) is 0 Å². The SMILES string of the molecule is Cc1c[c]ccc1-c1cccc(F)c1F. The van der Waals surface area contributed by atoms with Crippen molar-refractivity contribution in [2.24, 2.45) is 0 Å². The molecule has 75 valence electrons. The Balaban J connectivity index is 2.65. The largest absolute Gasteiger partial charge is 0.204 e. The van der Waals surface area contributed by atoms with Crippen LogP contribution < -0.4 is 0 Å². The van der Waals surface area contributed by atoms with E-state index in [1.807, 2.05) is 6.92 Å². The van der Waals surface area contributed by atoms with Gasteiger partial charge in [0, 0.05) is 5.56 Å². The third-order valence-electron chi connectivity index (χ3n) is 2.31. The zero-order valence-electron chi connectivity index (χ0n) is 8.22. The monoisotopic (exact) mass is 203 g/mol. The molecule has 0 spiro atoms. The number of halogens is 2. The summed E-state index contributed by atoms with van der Waals surface area (Å²) >= 11 is 0. The van der Waals surface area contributed by atoms with Gasteiger partial charge in [-0.3, -0.25) is 0 Å². The molecule has 2 aromatic carbocycles. The highest BCUT2D eigenvalue weighted by molar-refractivity contribution is 5.67. The number of hydrogen-bond acceptors (Lipinski definition) is 0. The van der Waals surface area contributed by atoms with Crippen molar-refractivity contribution >= 4 is 0 Å². The van der Waals surface area contributed by atoms with Gasteiger partial charge < -0.3 is 0 Å². The van der Waals surface area contributed by atoms with Crippen molar-refractivity contribution in [1.82, 2.24) is 0 Å². The molecule has 0 atom stereocenters. The first-order valence-electron chi connectivity index (χ1n) is 4.61. The summed E-state index contributed by atoms with van der Waals surface area (Å²) in [6, 6.07) is 12.2. The highest BCUT2D eigenvalue weighted by Crippen LogP contribution is 2.26. The van der Waals surface area contributed by atoms with Crippen LogP contribution in [0.5, 0.6) is 0 Å². The molecule has 0 amide bonds. The van der Waals surface area contributed by atoms with Crippen molar-refractivity contribution in [1.29, 1.82) is 0 Å². The molecule has 0 aliphatic heterocycles. The summed E-state index contributed by atoms with van der Waals surface area (Å²) in [6.45, 7) is 1.84. The van der Waals surface area contributed by atoms with E-state index in [2.05, 4.69) is 6.07 Å². The van der Waals surface area contributed by atoms with E-state index in [9.17, 15) is 8.78 Å². The first kappa shape index (κ1) is 9.84. The summed E-state index contributed by atoms with van der Waals surface area (Å²) in [6.07, 6.45) is 0. The topological polar surface area (TPSA) is 0 Å². The molecule has 0 heterocycles. The number of benzene rings is 2. The van der Waals surface area contributed by atoms with Crippen LogP contribution in [0.1, 0.15) is 5.56 Å². The Morgan fingerprint density at radius 1 is 1.07 bits per heavy atom. The normalized spacial score (nSPS) is 10.3. The van der Waals surface area contributed by atoms with Crippen LogP contribution in [-0.4, -0.2) is 0 Å². The second kappa shape index (κ2) is 3.81. The Hall–Kier alpha value is -1.70. The van der Waals surface area contributed by atoms with Crippen LogP contribution in [0, 0.1) is 24.6 Å². The quantitative estimate of drug-likeness (QED) is 0.662. The zero-order valence-corrected chi connectivity index (χ0v) is 8.22. The van der Waals surface area contributed by atoms with Crippen molar-refractivity contribution in [3.63, 3.8) is 0 Å². The van der Waals surface area contributed by atoms with Gasteiger partial charge in [0.25, 0.3) is 0 Å². The van der Waals surface area contributed by atoms with Crippen LogP contribution in [0.2, 0.25) is 0 Å². The lowest BCUT2D eigenvalue weighted by atomic mass is 10.0. The smallest absolute Gasteiger partial charge is 0.166 e. The Bertz CT molecular complexity index is 490. The van der Waals surface area contributed by atoms with E-state index in [4.69, 9.17) is 0 Å². The van der Waals surface area contributed by atoms with Gasteiger partial charge in [0.1, 0.15) is 0 Å². The maximum Gasteiger partial charge on any atom is 0.166 e. The van der Waals surface area contributed by atoms with Crippen LogP contribution in [0.15, 0.2) is 36.4 Å². The predicted molar refractivity (Wildman–Crippen MR) is 55.4 cm³/mol. The summed E-state index contributed by atoms with van der Waals surface area (Å²) in [5, 5.41) is 0. The molecule has 0 saturated heterocycles. The first-order valence-corrected chi connectivity index (χ1v) is 4.61. The lowest BCUT2D eigenvalue weighted by molar-refractivity contribution is 0.511. The van der Waals surface area contributed by atoms with E-state index < -0.39 is 11.6 Å². The minimum absolute atomic E-state index is 0.293. The van der Waals surface area contributed by atoms with Gasteiger partial charge in [0.2, 0.25) is 0 Å². The molecule has 0 nitrogen and oxygen atoms in total. The summed E-state index contributed by atoms with van der Waals surface area (Å²) < 4.78 is 26.5. The second-order valence-corrected chi connectivity index (χ2v) is 3.34. The van der Waals surface area contributed by atoms with E-state index >= 15 is 0 Å². The molecule has 0 bridgehead atoms. The van der Waals surface area contributed by atoms with Crippen LogP contribution in [0.25, 0.3) is 11.1 Å². The van der Waals surface area contributed by atoms with E-state index in [0.717, 1.165) is 11.6 Å². The molecule has 1 radical (unpaired) electrons. The van der Waals surface area contributed by atoms with Gasteiger partial charge >= 0.3 is 0 Å². The molecular formula is C13H9F2. The molecule has 0 aromatic heterocycles. The second-order valence-electron chi connectivity index (χ2n) is 3.34. The number of rotatable bonds is 1. The van der Waals surface area contributed by atoms with Crippen molar-refractivity contribution in [3.8, 4) is 11.1 Å². The van der Waals surface area contributed by atoms with Crippen molar-refractivity contribution in [2.75, 3.05) is 0 Å². The summed E-state index contributed by atoms with van der Waals surface area (Å²) in [7, 11) is 0. The fraction of sp³-hybridized carbons (Fsp3) is 0.0769. The maximum absolute atomic E-state index is 13.5. The zero-order chi connectivity index (χ0) is 10.8. The fourth-order valence-corrected chi connectivity index (χ4v) is 1.53. The van der Waals surface area contributed by atoms with Gasteiger partial charge in [0.05, 0.1) is 0 Å². The van der Waals surface area contributed by atoms with Crippen LogP contribution in [0.3, 0.4) is 0 Å². The Labute approximate surface area is 87.2 Å². The van der Waals surface area contributed by atoms with Crippen LogP contribution in [0.4, 0.5) is 8.78 Å². The fourth-order valence-electron chi connectivity index (χ4n) is 1.53. The highest BCUT2D eigenvalue weighted by atomic mass is 19.2. The Kier molecular flexibility index (Phi) is 2.50. The molecule has 2 heteroatoms. The lowest BCUT2D eigenvalue weighted by Gasteiger charge is -2.06. The lowest BCUT2D eigenvalue weighted by Crippen LogP contribution is -1.90. The molecule has 15 heavy (non-hydrogen) atoms. The predicted octanol–water partition coefficient (Wildman–Crippen LogP) is 3.74. The van der Waals surface area contributed by atoms with E-state index in [1.165, 1.54) is 6.07 Å². The Morgan fingerprint density at radius 3 is 2.60 bits per heavy atom. The van der Waals surface area contributed by atoms with Crippen molar-refractivity contribution in [3.05, 3.63) is 59.7 Å².